The predicted molar refractivity (Wildman–Crippen MR) is 114 cm³/mol. The van der Waals surface area contributed by atoms with Crippen LogP contribution in [-0.4, -0.2) is 53.6 Å². The molecule has 0 saturated carbocycles. The van der Waals surface area contributed by atoms with E-state index in [1.165, 1.54) is 0 Å². The van der Waals surface area contributed by atoms with Gasteiger partial charge in [0.15, 0.2) is 5.96 Å². The normalized spacial score (nSPS) is 17.3. The van der Waals surface area contributed by atoms with E-state index in [4.69, 9.17) is 11.6 Å². The zero-order valence-corrected chi connectivity index (χ0v) is 16.6. The fraction of sp³-hybridized carbons (Fsp3) is 0.350. The summed E-state index contributed by atoms with van der Waals surface area (Å²) >= 11 is 6.27. The van der Waals surface area contributed by atoms with Gasteiger partial charge in [-0.25, -0.2) is 9.97 Å². The monoisotopic (exact) mass is 397 g/mol. The van der Waals surface area contributed by atoms with Crippen molar-refractivity contribution in [3.63, 3.8) is 0 Å². The van der Waals surface area contributed by atoms with Gasteiger partial charge in [0.2, 0.25) is 0 Å². The number of nitrogens with one attached hydrogen (secondary N) is 3. The minimum Gasteiger partial charge on any atom is -0.356 e. The molecule has 3 N–H and O–H groups in total. The summed E-state index contributed by atoms with van der Waals surface area (Å²) in [6, 6.07) is 12.1. The van der Waals surface area contributed by atoms with Gasteiger partial charge in [0.25, 0.3) is 0 Å². The molecule has 0 aliphatic carbocycles. The number of halogens is 1. The Morgan fingerprint density at radius 3 is 3.04 bits per heavy atom. The molecule has 7 nitrogen and oxygen atoms in total. The maximum absolute atomic E-state index is 6.27. The van der Waals surface area contributed by atoms with Gasteiger partial charge >= 0.3 is 0 Å². The molecule has 1 fully saturated rings. The molecule has 1 aromatic carbocycles. The third kappa shape index (κ3) is 4.20. The highest BCUT2D eigenvalue weighted by atomic mass is 35.5. The topological polar surface area (TPSA) is 81.2 Å². The van der Waals surface area contributed by atoms with Gasteiger partial charge in [0, 0.05) is 45.3 Å². The molecule has 3 aromatic rings. The van der Waals surface area contributed by atoms with Crippen LogP contribution < -0.4 is 15.5 Å². The second-order valence-electron chi connectivity index (χ2n) is 6.83. The maximum atomic E-state index is 6.27. The predicted octanol–water partition coefficient (Wildman–Crippen LogP) is 2.60. The molecule has 1 unspecified atom stereocenters. The van der Waals surface area contributed by atoms with Gasteiger partial charge in [-0.15, -0.1) is 0 Å². The summed E-state index contributed by atoms with van der Waals surface area (Å²) in [6.07, 6.45) is 3.59. The smallest absolute Gasteiger partial charge is 0.191 e. The van der Waals surface area contributed by atoms with Crippen LogP contribution in [0.4, 0.5) is 5.82 Å². The summed E-state index contributed by atoms with van der Waals surface area (Å²) in [6.45, 7) is 2.52. The van der Waals surface area contributed by atoms with Crippen molar-refractivity contribution in [2.75, 3.05) is 31.6 Å². The Morgan fingerprint density at radius 2 is 2.21 bits per heavy atom. The summed E-state index contributed by atoms with van der Waals surface area (Å²) in [7, 11) is 1.79. The van der Waals surface area contributed by atoms with E-state index in [1.54, 1.807) is 13.2 Å². The average Bonchev–Trinajstić information content (AvgIpc) is 3.34. The Hall–Kier alpha value is -2.80. The Labute approximate surface area is 169 Å². The number of para-hydroxylation sites is 2. The minimum atomic E-state index is 0.301. The van der Waals surface area contributed by atoms with Crippen molar-refractivity contribution in [3.05, 3.63) is 53.4 Å². The number of pyridine rings is 1. The number of rotatable bonds is 5. The van der Waals surface area contributed by atoms with Crippen molar-refractivity contribution in [2.24, 2.45) is 4.99 Å². The molecule has 1 saturated heterocycles. The number of guanidine groups is 1. The highest BCUT2D eigenvalue weighted by molar-refractivity contribution is 6.32. The van der Waals surface area contributed by atoms with Crippen LogP contribution >= 0.6 is 11.6 Å². The zero-order valence-electron chi connectivity index (χ0n) is 15.8. The van der Waals surface area contributed by atoms with Crippen molar-refractivity contribution in [1.82, 2.24) is 25.6 Å². The molecule has 4 rings (SSSR count). The summed E-state index contributed by atoms with van der Waals surface area (Å²) in [5.74, 6) is 2.62. The van der Waals surface area contributed by atoms with Crippen molar-refractivity contribution in [3.8, 4) is 0 Å². The van der Waals surface area contributed by atoms with E-state index in [1.807, 2.05) is 36.4 Å². The van der Waals surface area contributed by atoms with Gasteiger partial charge in [-0.3, -0.25) is 4.99 Å². The molecule has 146 valence electrons. The van der Waals surface area contributed by atoms with Gasteiger partial charge in [-0.2, -0.15) is 0 Å². The minimum absolute atomic E-state index is 0.301. The summed E-state index contributed by atoms with van der Waals surface area (Å²) in [5.41, 5.74) is 2.07. The summed E-state index contributed by atoms with van der Waals surface area (Å²) in [4.78, 5) is 18.9. The van der Waals surface area contributed by atoms with E-state index in [9.17, 15) is 0 Å². The first-order chi connectivity index (χ1) is 13.7. The van der Waals surface area contributed by atoms with E-state index in [2.05, 4.69) is 35.5 Å². The molecule has 2 aromatic heterocycles. The van der Waals surface area contributed by atoms with Gasteiger partial charge < -0.3 is 20.5 Å². The Balaban J connectivity index is 1.27. The van der Waals surface area contributed by atoms with E-state index < -0.39 is 0 Å². The van der Waals surface area contributed by atoms with E-state index >= 15 is 0 Å². The molecule has 1 aliphatic rings. The second kappa shape index (κ2) is 8.48. The fourth-order valence-corrected chi connectivity index (χ4v) is 3.73. The largest absolute Gasteiger partial charge is 0.356 e. The van der Waals surface area contributed by atoms with Crippen molar-refractivity contribution < 1.29 is 0 Å². The Morgan fingerprint density at radius 1 is 1.32 bits per heavy atom. The molecular weight excluding hydrogens is 374 g/mol. The third-order valence-corrected chi connectivity index (χ3v) is 5.18. The number of aliphatic imine (C=N–C) groups is 1. The molecule has 0 spiro atoms. The lowest BCUT2D eigenvalue weighted by molar-refractivity contribution is 0.646. The molecule has 8 heteroatoms. The Kier molecular flexibility index (Phi) is 5.62. The lowest BCUT2D eigenvalue weighted by Gasteiger charge is -2.20. The molecule has 0 amide bonds. The number of aromatic amines is 1. The zero-order chi connectivity index (χ0) is 19.3. The van der Waals surface area contributed by atoms with Gasteiger partial charge in [-0.05, 0) is 30.7 Å². The Bertz CT molecular complexity index is 935. The number of fused-ring (bicyclic) bond motifs is 1. The van der Waals surface area contributed by atoms with Crippen LogP contribution in [0, 0.1) is 0 Å². The number of aromatic nitrogens is 3. The maximum Gasteiger partial charge on any atom is 0.191 e. The molecule has 1 aliphatic heterocycles. The summed E-state index contributed by atoms with van der Waals surface area (Å²) in [5, 5.41) is 7.56. The van der Waals surface area contributed by atoms with Crippen LogP contribution in [0.1, 0.15) is 12.2 Å². The van der Waals surface area contributed by atoms with Crippen LogP contribution in [0.5, 0.6) is 0 Å². The van der Waals surface area contributed by atoms with Crippen molar-refractivity contribution in [2.45, 2.75) is 18.9 Å². The molecule has 0 bridgehead atoms. The number of hydrogen-bond donors (Lipinski definition) is 3. The van der Waals surface area contributed by atoms with E-state index in [0.717, 1.165) is 61.1 Å². The van der Waals surface area contributed by atoms with E-state index in [0.29, 0.717) is 11.1 Å². The first-order valence-corrected chi connectivity index (χ1v) is 9.87. The molecule has 3 heterocycles. The van der Waals surface area contributed by atoms with E-state index in [-0.39, 0.29) is 0 Å². The van der Waals surface area contributed by atoms with Gasteiger partial charge in [0.05, 0.1) is 16.1 Å². The second-order valence-corrected chi connectivity index (χ2v) is 7.24. The third-order valence-electron chi connectivity index (χ3n) is 4.88. The summed E-state index contributed by atoms with van der Waals surface area (Å²) < 4.78 is 0. The number of benzene rings is 1. The standard InChI is InChI=1S/C20H24ClN7/c1-22-20(24-11-8-18-26-16-6-2-3-7-17(16)27-18)25-14-9-12-28(13-14)19-15(21)5-4-10-23-19/h2-7,10,14H,8-9,11-13H2,1H3,(H,26,27)(H2,22,24,25). The number of imidazole rings is 1. The van der Waals surface area contributed by atoms with Gasteiger partial charge in [-0.1, -0.05) is 23.7 Å². The van der Waals surface area contributed by atoms with Crippen molar-refractivity contribution in [1.29, 1.82) is 0 Å². The number of hydrogen-bond acceptors (Lipinski definition) is 4. The molecule has 28 heavy (non-hydrogen) atoms. The lowest BCUT2D eigenvalue weighted by Crippen LogP contribution is -2.45. The van der Waals surface area contributed by atoms with Crippen molar-refractivity contribution >= 4 is 34.4 Å². The number of nitrogens with zero attached hydrogens (tertiary/aromatic N) is 4. The van der Waals surface area contributed by atoms with Crippen LogP contribution in [0.25, 0.3) is 11.0 Å². The molecular formula is C20H24ClN7. The number of H-pyrrole nitrogens is 1. The fourth-order valence-electron chi connectivity index (χ4n) is 3.49. The number of anilines is 1. The molecule has 1 atom stereocenters. The highest BCUT2D eigenvalue weighted by Crippen LogP contribution is 2.25. The highest BCUT2D eigenvalue weighted by Gasteiger charge is 2.25. The SMILES string of the molecule is CN=C(NCCc1nc2ccccc2[nH]1)NC1CCN(c2ncccc2Cl)C1. The quantitative estimate of drug-likeness (QED) is 0.455. The molecule has 0 radical (unpaired) electrons. The van der Waals surface area contributed by atoms with Gasteiger partial charge in [0.1, 0.15) is 11.6 Å². The van der Waals surface area contributed by atoms with Crippen LogP contribution in [0.15, 0.2) is 47.6 Å². The first kappa shape index (κ1) is 18.6. The lowest BCUT2D eigenvalue weighted by atomic mass is 10.3. The average molecular weight is 398 g/mol. The van der Waals surface area contributed by atoms with Crippen LogP contribution in [0.3, 0.4) is 0 Å². The van der Waals surface area contributed by atoms with Crippen LogP contribution in [0.2, 0.25) is 5.02 Å². The van der Waals surface area contributed by atoms with Crippen LogP contribution in [-0.2, 0) is 6.42 Å². The first-order valence-electron chi connectivity index (χ1n) is 9.49.